The zero-order chi connectivity index (χ0) is 12.6. The maximum absolute atomic E-state index is 12.3. The van der Waals surface area contributed by atoms with Crippen LogP contribution in [0.1, 0.15) is 32.1 Å². The van der Waals surface area contributed by atoms with Crippen LogP contribution in [-0.4, -0.2) is 55.9 Å². The number of hydrogen-bond acceptors (Lipinski definition) is 3. The van der Waals surface area contributed by atoms with Gasteiger partial charge in [0.05, 0.1) is 6.10 Å². The molecule has 0 aromatic rings. The lowest BCUT2D eigenvalue weighted by Gasteiger charge is -2.23. The fraction of sp³-hybridized carbons (Fsp3) is 1.00. The van der Waals surface area contributed by atoms with Crippen molar-refractivity contribution in [3.05, 3.63) is 0 Å². The average Bonchev–Trinajstić information content (AvgIpc) is 2.87. The molecule has 18 heavy (non-hydrogen) atoms. The van der Waals surface area contributed by atoms with Crippen molar-refractivity contribution < 1.29 is 13.2 Å². The van der Waals surface area contributed by atoms with E-state index in [9.17, 15) is 8.42 Å². The smallest absolute Gasteiger partial charge is 0.282 e. The maximum atomic E-state index is 12.3. The highest BCUT2D eigenvalue weighted by atomic mass is 32.2. The molecule has 5 nitrogen and oxygen atoms in total. The molecule has 0 aromatic carbocycles. The third-order valence-electron chi connectivity index (χ3n) is 4.09. The molecule has 0 bridgehead atoms. The molecule has 104 valence electrons. The van der Waals surface area contributed by atoms with Gasteiger partial charge in [-0.1, -0.05) is 0 Å². The second kappa shape index (κ2) is 5.07. The lowest BCUT2D eigenvalue weighted by Crippen LogP contribution is -2.41. The van der Waals surface area contributed by atoms with E-state index in [2.05, 4.69) is 0 Å². The summed E-state index contributed by atoms with van der Waals surface area (Å²) in [6.07, 6.45) is 5.51. The lowest BCUT2D eigenvalue weighted by atomic mass is 10.3. The van der Waals surface area contributed by atoms with Crippen molar-refractivity contribution in [3.63, 3.8) is 0 Å². The van der Waals surface area contributed by atoms with E-state index < -0.39 is 10.2 Å². The zero-order valence-electron chi connectivity index (χ0n) is 10.8. The van der Waals surface area contributed by atoms with Crippen LogP contribution in [0.3, 0.4) is 0 Å². The Bertz CT molecular complexity index is 388. The first-order valence-electron chi connectivity index (χ1n) is 7.03. The van der Waals surface area contributed by atoms with Crippen LogP contribution in [0, 0.1) is 5.92 Å². The summed E-state index contributed by atoms with van der Waals surface area (Å²) in [5, 5.41) is 0. The molecule has 6 heteroatoms. The van der Waals surface area contributed by atoms with Crippen LogP contribution in [0.15, 0.2) is 0 Å². The Morgan fingerprint density at radius 2 is 1.72 bits per heavy atom. The molecule has 1 unspecified atom stereocenters. The van der Waals surface area contributed by atoms with Crippen molar-refractivity contribution in [2.45, 2.75) is 38.2 Å². The molecular weight excluding hydrogens is 252 g/mol. The highest BCUT2D eigenvalue weighted by molar-refractivity contribution is 7.86. The monoisotopic (exact) mass is 274 g/mol. The fourth-order valence-electron chi connectivity index (χ4n) is 2.68. The first-order valence-corrected chi connectivity index (χ1v) is 8.43. The van der Waals surface area contributed by atoms with Crippen LogP contribution < -0.4 is 0 Å². The Labute approximate surface area is 109 Å². The number of ether oxygens (including phenoxy) is 1. The SMILES string of the molecule is O=S(=O)(N1CCCC1)N1CCC(OCC2CC2)C1. The first kappa shape index (κ1) is 12.8. The predicted molar refractivity (Wildman–Crippen MR) is 68.4 cm³/mol. The molecule has 0 radical (unpaired) electrons. The van der Waals surface area contributed by atoms with Gasteiger partial charge in [0.2, 0.25) is 0 Å². The Hall–Kier alpha value is -0.170. The van der Waals surface area contributed by atoms with Crippen LogP contribution in [0.2, 0.25) is 0 Å². The predicted octanol–water partition coefficient (Wildman–Crippen LogP) is 0.828. The summed E-state index contributed by atoms with van der Waals surface area (Å²) < 4.78 is 33.7. The summed E-state index contributed by atoms with van der Waals surface area (Å²) in [7, 11) is -3.21. The van der Waals surface area contributed by atoms with Crippen molar-refractivity contribution in [3.8, 4) is 0 Å². The van der Waals surface area contributed by atoms with Crippen molar-refractivity contribution in [2.24, 2.45) is 5.92 Å². The molecule has 0 amide bonds. The minimum atomic E-state index is -3.21. The van der Waals surface area contributed by atoms with Gasteiger partial charge in [0.1, 0.15) is 0 Å². The van der Waals surface area contributed by atoms with Gasteiger partial charge in [-0.3, -0.25) is 0 Å². The molecule has 0 spiro atoms. The summed E-state index contributed by atoms with van der Waals surface area (Å²) in [5.41, 5.74) is 0. The van der Waals surface area contributed by atoms with Gasteiger partial charge in [-0.15, -0.1) is 0 Å². The average molecular weight is 274 g/mol. The molecule has 2 saturated heterocycles. The van der Waals surface area contributed by atoms with Gasteiger partial charge in [0.25, 0.3) is 10.2 Å². The van der Waals surface area contributed by atoms with E-state index in [0.717, 1.165) is 31.8 Å². The summed E-state index contributed by atoms with van der Waals surface area (Å²) in [4.78, 5) is 0. The van der Waals surface area contributed by atoms with Crippen LogP contribution in [0.25, 0.3) is 0 Å². The number of rotatable bonds is 5. The standard InChI is InChI=1S/C12H22N2O3S/c15-18(16,13-6-1-2-7-13)14-8-5-12(9-14)17-10-11-3-4-11/h11-12H,1-10H2. The minimum absolute atomic E-state index is 0.114. The van der Waals surface area contributed by atoms with Gasteiger partial charge < -0.3 is 4.74 Å². The minimum Gasteiger partial charge on any atom is -0.377 e. The molecule has 0 aromatic heterocycles. The van der Waals surface area contributed by atoms with E-state index in [-0.39, 0.29) is 6.10 Å². The Morgan fingerprint density at radius 1 is 1.00 bits per heavy atom. The second-order valence-corrected chi connectivity index (χ2v) is 7.59. The molecule has 2 aliphatic heterocycles. The summed E-state index contributed by atoms with van der Waals surface area (Å²) in [6.45, 7) is 3.36. The first-order chi connectivity index (χ1) is 8.66. The number of hydrogen-bond donors (Lipinski definition) is 0. The molecule has 3 fully saturated rings. The Kier molecular flexibility index (Phi) is 3.62. The van der Waals surface area contributed by atoms with Crippen molar-refractivity contribution in [2.75, 3.05) is 32.8 Å². The van der Waals surface area contributed by atoms with Gasteiger partial charge in [0, 0.05) is 32.8 Å². The summed E-state index contributed by atoms with van der Waals surface area (Å²) >= 11 is 0. The van der Waals surface area contributed by atoms with Crippen LogP contribution >= 0.6 is 0 Å². The van der Waals surface area contributed by atoms with Crippen LogP contribution in [0.5, 0.6) is 0 Å². The summed E-state index contributed by atoms with van der Waals surface area (Å²) in [6, 6.07) is 0. The van der Waals surface area contributed by atoms with Gasteiger partial charge in [0.15, 0.2) is 0 Å². The highest BCUT2D eigenvalue weighted by Crippen LogP contribution is 2.30. The van der Waals surface area contributed by atoms with Crippen LogP contribution in [0.4, 0.5) is 0 Å². The molecule has 0 N–H and O–H groups in total. The molecule has 3 aliphatic rings. The highest BCUT2D eigenvalue weighted by Gasteiger charge is 2.37. The van der Waals surface area contributed by atoms with Crippen molar-refractivity contribution in [1.29, 1.82) is 0 Å². The molecule has 3 rings (SSSR count). The third-order valence-corrected chi connectivity index (χ3v) is 6.09. The number of nitrogens with zero attached hydrogens (tertiary/aromatic N) is 2. The van der Waals surface area contributed by atoms with Crippen molar-refractivity contribution in [1.82, 2.24) is 8.61 Å². The van der Waals surface area contributed by atoms with Gasteiger partial charge in [-0.25, -0.2) is 0 Å². The van der Waals surface area contributed by atoms with Gasteiger partial charge in [-0.2, -0.15) is 17.0 Å². The molecule has 1 atom stereocenters. The normalized spacial score (nSPS) is 31.2. The maximum Gasteiger partial charge on any atom is 0.282 e. The van der Waals surface area contributed by atoms with E-state index in [1.54, 1.807) is 8.61 Å². The molecular formula is C12H22N2O3S. The molecule has 2 heterocycles. The third kappa shape index (κ3) is 2.71. The van der Waals surface area contributed by atoms with Gasteiger partial charge in [-0.05, 0) is 38.0 Å². The topological polar surface area (TPSA) is 49.9 Å². The largest absolute Gasteiger partial charge is 0.377 e. The molecule has 1 aliphatic carbocycles. The van der Waals surface area contributed by atoms with E-state index >= 15 is 0 Å². The summed E-state index contributed by atoms with van der Waals surface area (Å²) in [5.74, 6) is 0.745. The zero-order valence-corrected chi connectivity index (χ0v) is 11.6. The lowest BCUT2D eigenvalue weighted by molar-refractivity contribution is 0.0558. The van der Waals surface area contributed by atoms with Gasteiger partial charge >= 0.3 is 0 Å². The Balaban J connectivity index is 1.53. The van der Waals surface area contributed by atoms with E-state index in [0.29, 0.717) is 26.2 Å². The van der Waals surface area contributed by atoms with Crippen molar-refractivity contribution >= 4 is 10.2 Å². The molecule has 1 saturated carbocycles. The quantitative estimate of drug-likeness (QED) is 0.746. The Morgan fingerprint density at radius 3 is 2.39 bits per heavy atom. The van der Waals surface area contributed by atoms with Crippen LogP contribution in [-0.2, 0) is 14.9 Å². The van der Waals surface area contributed by atoms with E-state index in [1.165, 1.54) is 12.8 Å². The van der Waals surface area contributed by atoms with E-state index in [4.69, 9.17) is 4.74 Å². The fourth-order valence-corrected chi connectivity index (χ4v) is 4.42. The van der Waals surface area contributed by atoms with E-state index in [1.807, 2.05) is 0 Å². The second-order valence-electron chi connectivity index (χ2n) is 5.66.